The van der Waals surface area contributed by atoms with Crippen molar-refractivity contribution in [3.05, 3.63) is 71.1 Å². The fraction of sp³-hybridized carbons (Fsp3) is 0. The van der Waals surface area contributed by atoms with E-state index in [2.05, 4.69) is 31.2 Å². The number of rotatable bonds is 3. The predicted octanol–water partition coefficient (Wildman–Crippen LogP) is 4.84. The van der Waals surface area contributed by atoms with E-state index in [-0.39, 0.29) is 11.7 Å². The zero-order chi connectivity index (χ0) is 16.5. The molecule has 0 radical (unpaired) electrons. The van der Waals surface area contributed by atoms with Crippen LogP contribution in [-0.4, -0.2) is 15.9 Å². The van der Waals surface area contributed by atoms with E-state index in [4.69, 9.17) is 4.42 Å². The van der Waals surface area contributed by atoms with Crippen molar-refractivity contribution in [2.75, 3.05) is 5.32 Å². The van der Waals surface area contributed by atoms with Gasteiger partial charge in [-0.2, -0.15) is 0 Å². The third kappa shape index (κ3) is 2.83. The number of para-hydroxylation sites is 2. The van der Waals surface area contributed by atoms with E-state index >= 15 is 0 Å². The molecule has 5 nitrogen and oxygen atoms in total. The third-order valence-corrected chi connectivity index (χ3v) is 4.03. The number of aromatic amines is 1. The van der Waals surface area contributed by atoms with Crippen LogP contribution in [0.25, 0.3) is 22.4 Å². The summed E-state index contributed by atoms with van der Waals surface area (Å²) < 4.78 is 5.76. The molecule has 2 N–H and O–H groups in total. The van der Waals surface area contributed by atoms with Gasteiger partial charge in [-0.25, -0.2) is 4.98 Å². The number of halogens is 1. The Morgan fingerprint density at radius 3 is 2.54 bits per heavy atom. The molecule has 2 aromatic heterocycles. The van der Waals surface area contributed by atoms with Crippen LogP contribution >= 0.6 is 15.9 Å². The van der Waals surface area contributed by atoms with Crippen LogP contribution in [0.5, 0.6) is 0 Å². The molecule has 0 fully saturated rings. The maximum absolute atomic E-state index is 12.1. The zero-order valence-corrected chi connectivity index (χ0v) is 14.0. The van der Waals surface area contributed by atoms with Crippen LogP contribution in [0.3, 0.4) is 0 Å². The van der Waals surface area contributed by atoms with E-state index in [1.165, 1.54) is 0 Å². The molecular formula is C18H12BrN3O2. The lowest BCUT2D eigenvalue weighted by Gasteiger charge is -2.04. The van der Waals surface area contributed by atoms with E-state index in [9.17, 15) is 4.79 Å². The van der Waals surface area contributed by atoms with Crippen molar-refractivity contribution in [3.8, 4) is 11.4 Å². The topological polar surface area (TPSA) is 70.9 Å². The van der Waals surface area contributed by atoms with Gasteiger partial charge in [-0.15, -0.1) is 0 Å². The second-order valence-corrected chi connectivity index (χ2v) is 6.02. The fourth-order valence-electron chi connectivity index (χ4n) is 2.43. The number of imidazole rings is 1. The lowest BCUT2D eigenvalue weighted by atomic mass is 10.2. The highest BCUT2D eigenvalue weighted by Gasteiger charge is 2.11. The average Bonchev–Trinajstić information content (AvgIpc) is 3.21. The van der Waals surface area contributed by atoms with Crippen LogP contribution in [0, 0.1) is 0 Å². The van der Waals surface area contributed by atoms with E-state index in [0.717, 1.165) is 22.4 Å². The maximum atomic E-state index is 12.1. The van der Waals surface area contributed by atoms with E-state index < -0.39 is 0 Å². The van der Waals surface area contributed by atoms with Crippen LogP contribution in [0.4, 0.5) is 5.69 Å². The minimum absolute atomic E-state index is 0.253. The van der Waals surface area contributed by atoms with Gasteiger partial charge in [0.1, 0.15) is 5.82 Å². The van der Waals surface area contributed by atoms with Crippen molar-refractivity contribution in [2.45, 2.75) is 0 Å². The Kier molecular flexibility index (Phi) is 3.66. The van der Waals surface area contributed by atoms with Gasteiger partial charge in [-0.05, 0) is 64.5 Å². The normalized spacial score (nSPS) is 10.9. The summed E-state index contributed by atoms with van der Waals surface area (Å²) in [6.45, 7) is 0. The lowest BCUT2D eigenvalue weighted by molar-refractivity contribution is 0.0995. The van der Waals surface area contributed by atoms with Gasteiger partial charge in [0, 0.05) is 11.3 Å². The number of carbonyl (C=O) groups is 1. The number of furan rings is 1. The minimum atomic E-state index is -0.294. The first-order valence-corrected chi connectivity index (χ1v) is 8.10. The first kappa shape index (κ1) is 14.7. The molecule has 0 aliphatic rings. The Hall–Kier alpha value is -2.86. The Balaban J connectivity index is 1.55. The average molecular weight is 382 g/mol. The first-order valence-electron chi connectivity index (χ1n) is 7.31. The third-order valence-electron chi connectivity index (χ3n) is 3.60. The first-order chi connectivity index (χ1) is 11.7. The summed E-state index contributed by atoms with van der Waals surface area (Å²) in [5.74, 6) is 0.754. The van der Waals surface area contributed by atoms with Crippen molar-refractivity contribution in [1.29, 1.82) is 0 Å². The number of amides is 1. The highest BCUT2D eigenvalue weighted by Crippen LogP contribution is 2.22. The van der Waals surface area contributed by atoms with Gasteiger partial charge in [-0.1, -0.05) is 12.1 Å². The van der Waals surface area contributed by atoms with Crippen LogP contribution in [-0.2, 0) is 0 Å². The molecule has 1 amide bonds. The molecule has 0 atom stereocenters. The zero-order valence-electron chi connectivity index (χ0n) is 12.4. The molecule has 0 aliphatic heterocycles. The number of nitrogens with one attached hydrogen (secondary N) is 2. The van der Waals surface area contributed by atoms with Crippen LogP contribution < -0.4 is 5.32 Å². The SMILES string of the molecule is O=C(Nc1ccc(-c2nc3ccccc3[nH]2)cc1)c1ccc(Br)o1. The van der Waals surface area contributed by atoms with Gasteiger partial charge >= 0.3 is 0 Å². The van der Waals surface area contributed by atoms with E-state index in [0.29, 0.717) is 10.4 Å². The second-order valence-electron chi connectivity index (χ2n) is 5.24. The standard InChI is InChI=1S/C18H12BrN3O2/c19-16-10-9-15(24-16)18(23)20-12-7-5-11(6-8-12)17-21-13-3-1-2-4-14(13)22-17/h1-10H,(H,20,23)(H,21,22). The Morgan fingerprint density at radius 1 is 1.04 bits per heavy atom. The molecule has 4 aromatic rings. The predicted molar refractivity (Wildman–Crippen MR) is 95.9 cm³/mol. The lowest BCUT2D eigenvalue weighted by Crippen LogP contribution is -2.10. The number of nitrogens with zero attached hydrogens (tertiary/aromatic N) is 1. The minimum Gasteiger partial charge on any atom is -0.444 e. The summed E-state index contributed by atoms with van der Waals surface area (Å²) >= 11 is 3.18. The van der Waals surface area contributed by atoms with Gasteiger partial charge in [0.2, 0.25) is 0 Å². The Bertz CT molecular complexity index is 985. The number of anilines is 1. The van der Waals surface area contributed by atoms with Crippen molar-refractivity contribution in [2.24, 2.45) is 0 Å². The Labute approximate surface area is 145 Å². The molecule has 118 valence electrons. The van der Waals surface area contributed by atoms with Crippen LogP contribution in [0.1, 0.15) is 10.6 Å². The molecule has 4 rings (SSSR count). The largest absolute Gasteiger partial charge is 0.444 e. The van der Waals surface area contributed by atoms with Crippen molar-refractivity contribution >= 4 is 38.6 Å². The van der Waals surface area contributed by atoms with Crippen molar-refractivity contribution < 1.29 is 9.21 Å². The molecule has 0 unspecified atom stereocenters. The quantitative estimate of drug-likeness (QED) is 0.533. The molecular weight excluding hydrogens is 370 g/mol. The number of H-pyrrole nitrogens is 1. The maximum Gasteiger partial charge on any atom is 0.291 e. The van der Waals surface area contributed by atoms with Gasteiger partial charge < -0.3 is 14.7 Å². The number of fused-ring (bicyclic) bond motifs is 1. The summed E-state index contributed by atoms with van der Waals surface area (Å²) in [6.07, 6.45) is 0. The number of benzene rings is 2. The molecule has 2 aromatic carbocycles. The molecule has 0 saturated heterocycles. The number of aromatic nitrogens is 2. The molecule has 0 bridgehead atoms. The number of hydrogen-bond acceptors (Lipinski definition) is 3. The molecule has 24 heavy (non-hydrogen) atoms. The van der Waals surface area contributed by atoms with Crippen molar-refractivity contribution in [1.82, 2.24) is 9.97 Å². The number of carbonyl (C=O) groups excluding carboxylic acids is 1. The van der Waals surface area contributed by atoms with Gasteiger partial charge in [0.15, 0.2) is 10.4 Å². The summed E-state index contributed by atoms with van der Waals surface area (Å²) in [7, 11) is 0. The number of hydrogen-bond donors (Lipinski definition) is 2. The summed E-state index contributed by atoms with van der Waals surface area (Å²) in [5, 5.41) is 2.79. The van der Waals surface area contributed by atoms with Gasteiger partial charge in [0.25, 0.3) is 5.91 Å². The summed E-state index contributed by atoms with van der Waals surface area (Å²) in [6, 6.07) is 18.6. The highest BCUT2D eigenvalue weighted by molar-refractivity contribution is 9.10. The highest BCUT2D eigenvalue weighted by atomic mass is 79.9. The van der Waals surface area contributed by atoms with Crippen LogP contribution in [0.15, 0.2) is 69.8 Å². The molecule has 0 spiro atoms. The van der Waals surface area contributed by atoms with Crippen molar-refractivity contribution in [3.63, 3.8) is 0 Å². The monoisotopic (exact) mass is 381 g/mol. The van der Waals surface area contributed by atoms with Crippen LogP contribution in [0.2, 0.25) is 0 Å². The van der Waals surface area contributed by atoms with E-state index in [1.807, 2.05) is 48.5 Å². The smallest absolute Gasteiger partial charge is 0.291 e. The van der Waals surface area contributed by atoms with Gasteiger partial charge in [-0.3, -0.25) is 4.79 Å². The molecule has 0 saturated carbocycles. The summed E-state index contributed by atoms with van der Waals surface area (Å²) in [4.78, 5) is 19.9. The van der Waals surface area contributed by atoms with Gasteiger partial charge in [0.05, 0.1) is 11.0 Å². The van der Waals surface area contributed by atoms with E-state index in [1.54, 1.807) is 12.1 Å². The molecule has 6 heteroatoms. The second kappa shape index (κ2) is 5.98. The molecule has 2 heterocycles. The molecule has 0 aliphatic carbocycles. The fourth-order valence-corrected chi connectivity index (χ4v) is 2.74. The Morgan fingerprint density at radius 2 is 1.83 bits per heavy atom. The summed E-state index contributed by atoms with van der Waals surface area (Å²) in [5.41, 5.74) is 3.55.